The molecule has 1 fully saturated rings. The maximum absolute atomic E-state index is 13.0. The number of hydrogen-bond donors (Lipinski definition) is 2. The van der Waals surface area contributed by atoms with Gasteiger partial charge < -0.3 is 20.7 Å². The molecule has 0 bridgehead atoms. The summed E-state index contributed by atoms with van der Waals surface area (Å²) in [6.07, 6.45) is 2.53. The summed E-state index contributed by atoms with van der Waals surface area (Å²) in [7, 11) is 0. The molecule has 1 aromatic carbocycles. The Morgan fingerprint density at radius 3 is 2.92 bits per heavy atom. The molecule has 8 heteroatoms. The Bertz CT molecular complexity index is 589. The van der Waals surface area contributed by atoms with Crippen molar-refractivity contribution in [3.05, 3.63) is 30.1 Å². The molecule has 0 saturated carbocycles. The van der Waals surface area contributed by atoms with Crippen molar-refractivity contribution in [3.63, 3.8) is 0 Å². The van der Waals surface area contributed by atoms with Gasteiger partial charge in [-0.25, -0.2) is 4.39 Å². The number of nitrogens with one attached hydrogen (secondary N) is 1. The van der Waals surface area contributed by atoms with Crippen molar-refractivity contribution >= 4 is 24.2 Å². The number of benzene rings is 1. The number of likely N-dealkylation sites (tertiary alicyclic amines) is 1. The number of rotatable bonds is 8. The first-order valence-corrected chi connectivity index (χ1v) is 8.74. The third-order valence-electron chi connectivity index (χ3n) is 4.19. The molecular formula is C18H27ClFN3O3. The van der Waals surface area contributed by atoms with Crippen molar-refractivity contribution in [2.45, 2.75) is 25.7 Å². The molecule has 1 heterocycles. The molecule has 1 atom stereocenters. The standard InChI is InChI=1S/C18H26FN3O3.ClH/c19-15-5-1-6-16(12-15)25-11-3-7-17(23)22-10-2-4-14(13-22)18(24)21-9-8-20;/h1,5-6,12,14H,2-4,7-11,13,20H2,(H,21,24);1H. The molecule has 0 spiro atoms. The Morgan fingerprint density at radius 1 is 1.38 bits per heavy atom. The lowest BCUT2D eigenvalue weighted by Crippen LogP contribution is -2.46. The van der Waals surface area contributed by atoms with E-state index in [1.54, 1.807) is 17.0 Å². The first-order chi connectivity index (χ1) is 12.1. The van der Waals surface area contributed by atoms with Gasteiger partial charge in [0.05, 0.1) is 12.5 Å². The average molecular weight is 388 g/mol. The van der Waals surface area contributed by atoms with Crippen LogP contribution in [0.1, 0.15) is 25.7 Å². The summed E-state index contributed by atoms with van der Waals surface area (Å²) in [6.45, 7) is 2.36. The van der Waals surface area contributed by atoms with Crippen molar-refractivity contribution in [3.8, 4) is 5.75 Å². The van der Waals surface area contributed by atoms with Gasteiger partial charge in [-0.3, -0.25) is 9.59 Å². The molecular weight excluding hydrogens is 361 g/mol. The Labute approximate surface area is 159 Å². The van der Waals surface area contributed by atoms with E-state index in [0.717, 1.165) is 12.8 Å². The molecule has 0 aromatic heterocycles. The number of carbonyl (C=O) groups is 2. The number of amides is 2. The molecule has 1 aliphatic rings. The number of halogens is 2. The first kappa shape index (κ1) is 22.2. The zero-order chi connectivity index (χ0) is 18.1. The minimum atomic E-state index is -0.346. The molecule has 2 rings (SSSR count). The van der Waals surface area contributed by atoms with E-state index in [9.17, 15) is 14.0 Å². The van der Waals surface area contributed by atoms with Gasteiger partial charge in [0.15, 0.2) is 0 Å². The fourth-order valence-corrected chi connectivity index (χ4v) is 2.89. The SMILES string of the molecule is Cl.NCCNC(=O)C1CCCN(C(=O)CCCOc2cccc(F)c2)C1. The van der Waals surface area contributed by atoms with Gasteiger partial charge in [-0.15, -0.1) is 12.4 Å². The summed E-state index contributed by atoms with van der Waals surface area (Å²) in [5.41, 5.74) is 5.39. The third-order valence-corrected chi connectivity index (χ3v) is 4.19. The summed E-state index contributed by atoms with van der Waals surface area (Å²) in [4.78, 5) is 26.1. The first-order valence-electron chi connectivity index (χ1n) is 8.74. The van der Waals surface area contributed by atoms with E-state index in [4.69, 9.17) is 10.5 Å². The minimum absolute atomic E-state index is 0. The molecule has 1 aliphatic heterocycles. The van der Waals surface area contributed by atoms with Crippen molar-refractivity contribution in [1.82, 2.24) is 10.2 Å². The minimum Gasteiger partial charge on any atom is -0.493 e. The van der Waals surface area contributed by atoms with Gasteiger partial charge in [0.25, 0.3) is 0 Å². The lowest BCUT2D eigenvalue weighted by Gasteiger charge is -2.32. The van der Waals surface area contributed by atoms with Crippen LogP contribution in [0, 0.1) is 11.7 Å². The van der Waals surface area contributed by atoms with Gasteiger partial charge in [0, 0.05) is 38.7 Å². The zero-order valence-electron chi connectivity index (χ0n) is 14.8. The summed E-state index contributed by atoms with van der Waals surface area (Å²) >= 11 is 0. The number of nitrogens with two attached hydrogens (primary N) is 1. The van der Waals surface area contributed by atoms with Gasteiger partial charge >= 0.3 is 0 Å². The van der Waals surface area contributed by atoms with Crippen LogP contribution in [-0.4, -0.2) is 49.5 Å². The van der Waals surface area contributed by atoms with Gasteiger partial charge in [0.2, 0.25) is 11.8 Å². The highest BCUT2D eigenvalue weighted by atomic mass is 35.5. The molecule has 1 aromatic rings. The van der Waals surface area contributed by atoms with Crippen molar-refractivity contribution < 1.29 is 18.7 Å². The fraction of sp³-hybridized carbons (Fsp3) is 0.556. The van der Waals surface area contributed by atoms with E-state index in [0.29, 0.717) is 51.4 Å². The lowest BCUT2D eigenvalue weighted by molar-refractivity contribution is -0.135. The lowest BCUT2D eigenvalue weighted by atomic mass is 9.96. The van der Waals surface area contributed by atoms with E-state index in [2.05, 4.69) is 5.32 Å². The van der Waals surface area contributed by atoms with Crippen LogP contribution in [0.15, 0.2) is 24.3 Å². The third kappa shape index (κ3) is 7.17. The van der Waals surface area contributed by atoms with Gasteiger partial charge in [0.1, 0.15) is 11.6 Å². The molecule has 1 saturated heterocycles. The van der Waals surface area contributed by atoms with Crippen molar-refractivity contribution in [2.75, 3.05) is 32.8 Å². The summed E-state index contributed by atoms with van der Waals surface area (Å²) in [5, 5.41) is 2.78. The highest BCUT2D eigenvalue weighted by molar-refractivity contribution is 5.85. The van der Waals surface area contributed by atoms with E-state index < -0.39 is 0 Å². The molecule has 0 aliphatic carbocycles. The summed E-state index contributed by atoms with van der Waals surface area (Å²) in [6, 6.07) is 5.93. The van der Waals surface area contributed by atoms with Crippen LogP contribution in [0.2, 0.25) is 0 Å². The van der Waals surface area contributed by atoms with Gasteiger partial charge in [-0.05, 0) is 31.4 Å². The molecule has 6 nitrogen and oxygen atoms in total. The van der Waals surface area contributed by atoms with E-state index in [1.165, 1.54) is 12.1 Å². The summed E-state index contributed by atoms with van der Waals surface area (Å²) in [5.74, 6) is -0.0488. The quantitative estimate of drug-likeness (QED) is 0.665. The molecule has 26 heavy (non-hydrogen) atoms. The van der Waals surface area contributed by atoms with Crippen LogP contribution in [0.3, 0.4) is 0 Å². The highest BCUT2D eigenvalue weighted by Crippen LogP contribution is 2.18. The van der Waals surface area contributed by atoms with Crippen LogP contribution >= 0.6 is 12.4 Å². The molecule has 2 amide bonds. The largest absolute Gasteiger partial charge is 0.493 e. The number of carbonyl (C=O) groups excluding carboxylic acids is 2. The monoisotopic (exact) mass is 387 g/mol. The Kier molecular flexibility index (Phi) is 9.98. The Balaban J connectivity index is 0.00000338. The Hall–Kier alpha value is -1.86. The topological polar surface area (TPSA) is 84.7 Å². The maximum Gasteiger partial charge on any atom is 0.224 e. The average Bonchev–Trinajstić information content (AvgIpc) is 2.63. The van der Waals surface area contributed by atoms with Gasteiger partial charge in [-0.1, -0.05) is 6.07 Å². The van der Waals surface area contributed by atoms with Crippen LogP contribution in [0.4, 0.5) is 4.39 Å². The second kappa shape index (κ2) is 11.7. The van der Waals surface area contributed by atoms with E-state index in [1.807, 2.05) is 0 Å². The Morgan fingerprint density at radius 2 is 2.19 bits per heavy atom. The second-order valence-electron chi connectivity index (χ2n) is 6.17. The maximum atomic E-state index is 13.0. The predicted molar refractivity (Wildman–Crippen MR) is 99.7 cm³/mol. The molecule has 0 radical (unpaired) electrons. The summed E-state index contributed by atoms with van der Waals surface area (Å²) < 4.78 is 18.5. The van der Waals surface area contributed by atoms with Crippen LogP contribution in [0.5, 0.6) is 5.75 Å². The predicted octanol–water partition coefficient (Wildman–Crippen LogP) is 1.72. The highest BCUT2D eigenvalue weighted by Gasteiger charge is 2.27. The number of piperidine rings is 1. The van der Waals surface area contributed by atoms with Gasteiger partial charge in [-0.2, -0.15) is 0 Å². The number of ether oxygens (including phenoxy) is 1. The number of hydrogen-bond acceptors (Lipinski definition) is 4. The molecule has 1 unspecified atom stereocenters. The normalized spacial score (nSPS) is 16.5. The number of nitrogens with zero attached hydrogens (tertiary/aromatic N) is 1. The molecule has 146 valence electrons. The smallest absolute Gasteiger partial charge is 0.224 e. The molecule has 3 N–H and O–H groups in total. The van der Waals surface area contributed by atoms with Crippen molar-refractivity contribution in [1.29, 1.82) is 0 Å². The van der Waals surface area contributed by atoms with Crippen molar-refractivity contribution in [2.24, 2.45) is 11.7 Å². The van der Waals surface area contributed by atoms with Crippen LogP contribution < -0.4 is 15.8 Å². The van der Waals surface area contributed by atoms with E-state index >= 15 is 0 Å². The van der Waals surface area contributed by atoms with Crippen LogP contribution in [0.25, 0.3) is 0 Å². The van der Waals surface area contributed by atoms with Crippen LogP contribution in [-0.2, 0) is 9.59 Å². The fourth-order valence-electron chi connectivity index (χ4n) is 2.89. The van der Waals surface area contributed by atoms with E-state index in [-0.39, 0.29) is 36.0 Å². The zero-order valence-corrected chi connectivity index (χ0v) is 15.6. The second-order valence-corrected chi connectivity index (χ2v) is 6.17.